The number of hydrogen-bond donors (Lipinski definition) is 3. The van der Waals surface area contributed by atoms with Gasteiger partial charge in [0.25, 0.3) is 0 Å². The lowest BCUT2D eigenvalue weighted by Gasteiger charge is -2.13. The standard InChI is InChI=1S/C14H21N3O3S/c1-2-14(6-7-14)13(18)17-11-4-3-5-12(10-11)21(19,20)16-9-8-15/h3-5,10,16H,2,6-9,15H2,1H3,(H,17,18). The van der Waals surface area contributed by atoms with Gasteiger partial charge in [0.05, 0.1) is 4.90 Å². The van der Waals surface area contributed by atoms with E-state index in [1.54, 1.807) is 12.1 Å². The fourth-order valence-electron chi connectivity index (χ4n) is 2.17. The van der Waals surface area contributed by atoms with Gasteiger partial charge in [0, 0.05) is 24.2 Å². The Morgan fingerprint density at radius 2 is 2.10 bits per heavy atom. The zero-order chi connectivity index (χ0) is 15.5. The minimum Gasteiger partial charge on any atom is -0.329 e. The second-order valence-corrected chi connectivity index (χ2v) is 7.07. The summed E-state index contributed by atoms with van der Waals surface area (Å²) in [6.45, 7) is 2.40. The number of carbonyl (C=O) groups excluding carboxylic acids is 1. The number of benzene rings is 1. The first kappa shape index (κ1) is 15.9. The molecule has 4 N–H and O–H groups in total. The summed E-state index contributed by atoms with van der Waals surface area (Å²) in [4.78, 5) is 12.3. The Morgan fingerprint density at radius 3 is 2.67 bits per heavy atom. The van der Waals surface area contributed by atoms with E-state index < -0.39 is 10.0 Å². The predicted octanol–water partition coefficient (Wildman–Crippen LogP) is 1.05. The monoisotopic (exact) mass is 311 g/mol. The van der Waals surface area contributed by atoms with Gasteiger partial charge in [-0.2, -0.15) is 0 Å². The molecule has 1 aromatic rings. The van der Waals surface area contributed by atoms with Crippen LogP contribution in [0.4, 0.5) is 5.69 Å². The SMILES string of the molecule is CCC1(C(=O)Nc2cccc(S(=O)(=O)NCCN)c2)CC1. The van der Waals surface area contributed by atoms with Crippen LogP contribution in [0.5, 0.6) is 0 Å². The van der Waals surface area contributed by atoms with E-state index in [-0.39, 0.29) is 29.3 Å². The number of amides is 1. The number of carbonyl (C=O) groups is 1. The van der Waals surface area contributed by atoms with E-state index >= 15 is 0 Å². The van der Waals surface area contributed by atoms with Crippen molar-refractivity contribution in [3.63, 3.8) is 0 Å². The molecule has 0 unspecified atom stereocenters. The second kappa shape index (κ2) is 6.13. The van der Waals surface area contributed by atoms with Crippen LogP contribution < -0.4 is 15.8 Å². The van der Waals surface area contributed by atoms with Gasteiger partial charge in [-0.3, -0.25) is 4.79 Å². The number of hydrogen-bond acceptors (Lipinski definition) is 4. The molecule has 0 aromatic heterocycles. The molecular weight excluding hydrogens is 290 g/mol. The molecule has 7 heteroatoms. The molecule has 0 heterocycles. The summed E-state index contributed by atoms with van der Waals surface area (Å²) in [5, 5.41) is 2.81. The van der Waals surface area contributed by atoms with E-state index in [1.807, 2.05) is 6.92 Å². The number of nitrogens with one attached hydrogen (secondary N) is 2. The molecule has 1 aromatic carbocycles. The molecule has 0 radical (unpaired) electrons. The molecule has 1 amide bonds. The third-order valence-corrected chi connectivity index (χ3v) is 5.31. The highest BCUT2D eigenvalue weighted by molar-refractivity contribution is 7.89. The van der Waals surface area contributed by atoms with Crippen molar-refractivity contribution in [3.8, 4) is 0 Å². The van der Waals surface area contributed by atoms with Gasteiger partial charge in [0.1, 0.15) is 0 Å². The molecule has 1 aliphatic carbocycles. The summed E-state index contributed by atoms with van der Waals surface area (Å²) in [5.74, 6) is -0.0329. The Hall–Kier alpha value is -1.44. The van der Waals surface area contributed by atoms with E-state index in [0.29, 0.717) is 5.69 Å². The number of rotatable bonds is 7. The minimum atomic E-state index is -3.59. The topological polar surface area (TPSA) is 101 Å². The molecule has 0 atom stereocenters. The van der Waals surface area contributed by atoms with Crippen LogP contribution in [0.3, 0.4) is 0 Å². The molecule has 0 saturated heterocycles. The molecule has 21 heavy (non-hydrogen) atoms. The second-order valence-electron chi connectivity index (χ2n) is 5.30. The van der Waals surface area contributed by atoms with E-state index in [1.165, 1.54) is 12.1 Å². The van der Waals surface area contributed by atoms with Gasteiger partial charge in [-0.1, -0.05) is 13.0 Å². The molecule has 0 bridgehead atoms. The lowest BCUT2D eigenvalue weighted by Crippen LogP contribution is -2.29. The van der Waals surface area contributed by atoms with Crippen molar-refractivity contribution in [2.75, 3.05) is 18.4 Å². The van der Waals surface area contributed by atoms with Crippen LogP contribution in [-0.4, -0.2) is 27.4 Å². The molecule has 1 saturated carbocycles. The average molecular weight is 311 g/mol. The van der Waals surface area contributed by atoms with Crippen LogP contribution in [0.25, 0.3) is 0 Å². The third-order valence-electron chi connectivity index (χ3n) is 3.85. The van der Waals surface area contributed by atoms with Gasteiger partial charge in [-0.15, -0.1) is 0 Å². The first-order valence-electron chi connectivity index (χ1n) is 7.05. The summed E-state index contributed by atoms with van der Waals surface area (Å²) in [5.41, 5.74) is 5.53. The van der Waals surface area contributed by atoms with Crippen LogP contribution in [-0.2, 0) is 14.8 Å². The highest BCUT2D eigenvalue weighted by Crippen LogP contribution is 2.49. The summed E-state index contributed by atoms with van der Waals surface area (Å²) in [6, 6.07) is 6.24. The summed E-state index contributed by atoms with van der Waals surface area (Å²) in [7, 11) is -3.59. The van der Waals surface area contributed by atoms with Crippen molar-refractivity contribution >= 4 is 21.6 Å². The maximum Gasteiger partial charge on any atom is 0.240 e. The van der Waals surface area contributed by atoms with Crippen molar-refractivity contribution in [1.82, 2.24) is 4.72 Å². The Morgan fingerprint density at radius 1 is 1.38 bits per heavy atom. The lowest BCUT2D eigenvalue weighted by atomic mass is 10.0. The summed E-state index contributed by atoms with van der Waals surface area (Å²) >= 11 is 0. The van der Waals surface area contributed by atoms with Crippen molar-refractivity contribution in [2.45, 2.75) is 31.1 Å². The van der Waals surface area contributed by atoms with Crippen LogP contribution in [0, 0.1) is 5.41 Å². The Balaban J connectivity index is 2.13. The largest absolute Gasteiger partial charge is 0.329 e. The van der Waals surface area contributed by atoms with Gasteiger partial charge in [-0.05, 0) is 37.5 Å². The summed E-state index contributed by atoms with van der Waals surface area (Å²) < 4.78 is 26.4. The molecule has 0 spiro atoms. The van der Waals surface area contributed by atoms with Gasteiger partial charge in [-0.25, -0.2) is 13.1 Å². The molecule has 1 fully saturated rings. The maximum atomic E-state index is 12.2. The van der Waals surface area contributed by atoms with Crippen LogP contribution in [0.1, 0.15) is 26.2 Å². The number of sulfonamides is 1. The fourth-order valence-corrected chi connectivity index (χ4v) is 3.27. The van der Waals surface area contributed by atoms with Crippen LogP contribution in [0.15, 0.2) is 29.2 Å². The van der Waals surface area contributed by atoms with E-state index in [0.717, 1.165) is 19.3 Å². The number of anilines is 1. The molecule has 6 nitrogen and oxygen atoms in total. The molecule has 2 rings (SSSR count). The third kappa shape index (κ3) is 3.61. The number of nitrogens with two attached hydrogens (primary N) is 1. The fraction of sp³-hybridized carbons (Fsp3) is 0.500. The minimum absolute atomic E-state index is 0.0329. The smallest absolute Gasteiger partial charge is 0.240 e. The van der Waals surface area contributed by atoms with Crippen molar-refractivity contribution in [2.24, 2.45) is 11.1 Å². The Bertz CT molecular complexity index is 624. The lowest BCUT2D eigenvalue weighted by molar-refractivity contribution is -0.121. The molecule has 1 aliphatic rings. The highest BCUT2D eigenvalue weighted by atomic mass is 32.2. The quantitative estimate of drug-likeness (QED) is 0.700. The van der Waals surface area contributed by atoms with Gasteiger partial charge in [0.2, 0.25) is 15.9 Å². The Kier molecular flexibility index (Phi) is 4.65. The molecule has 116 valence electrons. The molecular formula is C14H21N3O3S. The van der Waals surface area contributed by atoms with Gasteiger partial charge < -0.3 is 11.1 Å². The van der Waals surface area contributed by atoms with E-state index in [2.05, 4.69) is 10.0 Å². The zero-order valence-electron chi connectivity index (χ0n) is 12.1. The normalized spacial score (nSPS) is 16.5. The summed E-state index contributed by atoms with van der Waals surface area (Å²) in [6.07, 6.45) is 2.59. The average Bonchev–Trinajstić information content (AvgIpc) is 3.26. The van der Waals surface area contributed by atoms with Crippen molar-refractivity contribution in [3.05, 3.63) is 24.3 Å². The maximum absolute atomic E-state index is 12.2. The predicted molar refractivity (Wildman–Crippen MR) is 81.3 cm³/mol. The van der Waals surface area contributed by atoms with E-state index in [4.69, 9.17) is 5.73 Å². The van der Waals surface area contributed by atoms with Crippen LogP contribution in [0.2, 0.25) is 0 Å². The molecule has 0 aliphatic heterocycles. The first-order chi connectivity index (χ1) is 9.93. The van der Waals surface area contributed by atoms with Gasteiger partial charge >= 0.3 is 0 Å². The first-order valence-corrected chi connectivity index (χ1v) is 8.53. The zero-order valence-corrected chi connectivity index (χ0v) is 12.9. The Labute approximate surface area is 125 Å². The van der Waals surface area contributed by atoms with Gasteiger partial charge in [0.15, 0.2) is 0 Å². The van der Waals surface area contributed by atoms with Crippen LogP contribution >= 0.6 is 0 Å². The van der Waals surface area contributed by atoms with Crippen molar-refractivity contribution in [1.29, 1.82) is 0 Å². The highest BCUT2D eigenvalue weighted by Gasteiger charge is 2.47. The van der Waals surface area contributed by atoms with Crippen molar-refractivity contribution < 1.29 is 13.2 Å². The van der Waals surface area contributed by atoms with E-state index in [9.17, 15) is 13.2 Å².